The van der Waals surface area contributed by atoms with Crippen molar-refractivity contribution >= 4 is 23.5 Å². The molecule has 0 bridgehead atoms. The molecule has 4 rings (SSSR count). The average Bonchev–Trinajstić information content (AvgIpc) is 3.42. The molecule has 0 aliphatic rings. The number of amides is 1. The maximum Gasteiger partial charge on any atom is 0.236 e. The number of carbonyl (C=O) groups excluding carboxylic acids is 1. The van der Waals surface area contributed by atoms with Gasteiger partial charge in [0.2, 0.25) is 5.91 Å². The summed E-state index contributed by atoms with van der Waals surface area (Å²) in [5.74, 6) is 1.28. The predicted octanol–water partition coefficient (Wildman–Crippen LogP) is 3.44. The Balaban J connectivity index is 1.44. The number of thioether (sulfide) groups is 1. The van der Waals surface area contributed by atoms with Crippen LogP contribution in [-0.2, 0) is 11.8 Å². The van der Waals surface area contributed by atoms with Crippen LogP contribution in [0.25, 0.3) is 17.3 Å². The molecule has 0 unspecified atom stereocenters. The molecule has 1 N–H and O–H groups in total. The van der Waals surface area contributed by atoms with E-state index in [-0.39, 0.29) is 17.5 Å². The van der Waals surface area contributed by atoms with Crippen molar-refractivity contribution in [3.8, 4) is 17.3 Å². The molecule has 3 heterocycles. The summed E-state index contributed by atoms with van der Waals surface area (Å²) in [6, 6.07) is 11.2. The Kier molecular flexibility index (Phi) is 5.17. The van der Waals surface area contributed by atoms with Gasteiger partial charge in [-0.05, 0) is 43.3 Å². The Hall–Kier alpha value is -3.40. The monoisotopic (exact) mass is 412 g/mol. The highest BCUT2D eigenvalue weighted by molar-refractivity contribution is 7.99. The number of furan rings is 1. The van der Waals surface area contributed by atoms with Crippen molar-refractivity contribution in [3.63, 3.8) is 0 Å². The SMILES string of the molecule is Cc1cc(NC(=O)CSc2nnc(-c3ccco3)n2C)n(-c2ccc(F)cc2)n1. The molecule has 4 aromatic rings. The number of halogens is 1. The van der Waals surface area contributed by atoms with E-state index in [4.69, 9.17) is 4.42 Å². The Morgan fingerprint density at radius 3 is 2.76 bits per heavy atom. The molecule has 148 valence electrons. The lowest BCUT2D eigenvalue weighted by Crippen LogP contribution is -2.17. The quantitative estimate of drug-likeness (QED) is 0.488. The lowest BCUT2D eigenvalue weighted by molar-refractivity contribution is -0.113. The van der Waals surface area contributed by atoms with Crippen molar-refractivity contribution in [2.45, 2.75) is 12.1 Å². The number of hydrogen-bond donors (Lipinski definition) is 1. The van der Waals surface area contributed by atoms with E-state index < -0.39 is 0 Å². The van der Waals surface area contributed by atoms with Gasteiger partial charge >= 0.3 is 0 Å². The van der Waals surface area contributed by atoms with Gasteiger partial charge in [-0.1, -0.05) is 11.8 Å². The van der Waals surface area contributed by atoms with Crippen LogP contribution in [0.3, 0.4) is 0 Å². The average molecular weight is 412 g/mol. The fourth-order valence-electron chi connectivity index (χ4n) is 2.74. The van der Waals surface area contributed by atoms with Gasteiger partial charge in [0.15, 0.2) is 16.7 Å². The standard InChI is InChI=1S/C19H17FN6O2S/c1-12-10-16(26(24-12)14-7-5-13(20)6-8-14)21-17(27)11-29-19-23-22-18(25(19)2)15-4-3-9-28-15/h3-10H,11H2,1-2H3,(H,21,27). The van der Waals surface area contributed by atoms with Crippen molar-refractivity contribution in [1.82, 2.24) is 24.5 Å². The lowest BCUT2D eigenvalue weighted by Gasteiger charge is -2.09. The normalized spacial score (nSPS) is 11.0. The minimum absolute atomic E-state index is 0.137. The van der Waals surface area contributed by atoms with Crippen LogP contribution in [0.15, 0.2) is 58.3 Å². The first-order valence-corrected chi connectivity index (χ1v) is 9.68. The molecule has 0 atom stereocenters. The topological polar surface area (TPSA) is 90.8 Å². The van der Waals surface area contributed by atoms with Crippen LogP contribution in [-0.4, -0.2) is 36.2 Å². The Bertz CT molecular complexity index is 1130. The van der Waals surface area contributed by atoms with Crippen molar-refractivity contribution in [1.29, 1.82) is 0 Å². The molecule has 1 aromatic carbocycles. The van der Waals surface area contributed by atoms with Crippen LogP contribution in [0.4, 0.5) is 10.2 Å². The highest BCUT2D eigenvalue weighted by Gasteiger charge is 2.16. The van der Waals surface area contributed by atoms with Gasteiger partial charge in [-0.2, -0.15) is 5.10 Å². The zero-order valence-electron chi connectivity index (χ0n) is 15.7. The van der Waals surface area contributed by atoms with Gasteiger partial charge in [-0.25, -0.2) is 9.07 Å². The molecule has 29 heavy (non-hydrogen) atoms. The van der Waals surface area contributed by atoms with Gasteiger partial charge in [0.05, 0.1) is 23.4 Å². The van der Waals surface area contributed by atoms with Gasteiger partial charge in [0.1, 0.15) is 11.6 Å². The van der Waals surface area contributed by atoms with Crippen LogP contribution in [0.5, 0.6) is 0 Å². The molecule has 0 aliphatic carbocycles. The fourth-order valence-corrected chi connectivity index (χ4v) is 3.45. The molecular formula is C19H17FN6O2S. The summed E-state index contributed by atoms with van der Waals surface area (Å²) < 4.78 is 21.9. The molecule has 1 amide bonds. The van der Waals surface area contributed by atoms with Crippen LogP contribution < -0.4 is 5.32 Å². The zero-order chi connectivity index (χ0) is 20.4. The second-order valence-corrected chi connectivity index (χ2v) is 7.18. The van der Waals surface area contributed by atoms with Crippen LogP contribution >= 0.6 is 11.8 Å². The van der Waals surface area contributed by atoms with Crippen LogP contribution in [0, 0.1) is 12.7 Å². The second-order valence-electron chi connectivity index (χ2n) is 6.24. The van der Waals surface area contributed by atoms with Crippen LogP contribution in [0.2, 0.25) is 0 Å². The van der Waals surface area contributed by atoms with E-state index >= 15 is 0 Å². The van der Waals surface area contributed by atoms with E-state index in [0.29, 0.717) is 28.2 Å². The Morgan fingerprint density at radius 1 is 1.24 bits per heavy atom. The predicted molar refractivity (Wildman–Crippen MR) is 106 cm³/mol. The molecule has 0 saturated carbocycles. The Morgan fingerprint density at radius 2 is 2.03 bits per heavy atom. The third kappa shape index (κ3) is 4.06. The highest BCUT2D eigenvalue weighted by Crippen LogP contribution is 2.23. The Labute approximate surface area is 169 Å². The molecule has 10 heteroatoms. The number of rotatable bonds is 6. The smallest absolute Gasteiger partial charge is 0.236 e. The molecule has 0 radical (unpaired) electrons. The number of hydrogen-bond acceptors (Lipinski definition) is 6. The summed E-state index contributed by atoms with van der Waals surface area (Å²) in [6.45, 7) is 1.82. The molecule has 3 aromatic heterocycles. The van der Waals surface area contributed by atoms with Crippen molar-refractivity contribution < 1.29 is 13.6 Å². The van der Waals surface area contributed by atoms with Gasteiger partial charge in [-0.3, -0.25) is 4.79 Å². The number of benzene rings is 1. The van der Waals surface area contributed by atoms with Crippen molar-refractivity contribution in [2.24, 2.45) is 7.05 Å². The molecule has 0 spiro atoms. The number of carbonyl (C=O) groups is 1. The maximum absolute atomic E-state index is 13.2. The summed E-state index contributed by atoms with van der Waals surface area (Å²) in [6.07, 6.45) is 1.57. The summed E-state index contributed by atoms with van der Waals surface area (Å²) >= 11 is 1.26. The molecule has 0 fully saturated rings. The van der Waals surface area contributed by atoms with Gasteiger partial charge < -0.3 is 14.3 Å². The third-order valence-corrected chi connectivity index (χ3v) is 5.10. The van der Waals surface area contributed by atoms with E-state index in [1.54, 1.807) is 45.8 Å². The summed E-state index contributed by atoms with van der Waals surface area (Å²) in [4.78, 5) is 12.5. The number of aromatic nitrogens is 5. The first-order valence-electron chi connectivity index (χ1n) is 8.70. The third-order valence-electron chi connectivity index (χ3n) is 4.08. The summed E-state index contributed by atoms with van der Waals surface area (Å²) in [5.41, 5.74) is 1.38. The first kappa shape index (κ1) is 18.9. The lowest BCUT2D eigenvalue weighted by atomic mass is 10.3. The van der Waals surface area contributed by atoms with E-state index in [2.05, 4.69) is 20.6 Å². The summed E-state index contributed by atoms with van der Waals surface area (Å²) in [5, 5.41) is 16.0. The number of aryl methyl sites for hydroxylation is 1. The fraction of sp³-hybridized carbons (Fsp3) is 0.158. The van der Waals surface area contributed by atoms with E-state index in [1.165, 1.54) is 23.9 Å². The number of nitrogens with one attached hydrogen (secondary N) is 1. The second kappa shape index (κ2) is 7.92. The molecule has 0 aliphatic heterocycles. The molecular weight excluding hydrogens is 395 g/mol. The van der Waals surface area contributed by atoms with Gasteiger partial charge in [0.25, 0.3) is 0 Å². The minimum atomic E-state index is -0.336. The van der Waals surface area contributed by atoms with Crippen molar-refractivity contribution in [2.75, 3.05) is 11.1 Å². The van der Waals surface area contributed by atoms with E-state index in [0.717, 1.165) is 5.69 Å². The number of nitrogens with zero attached hydrogens (tertiary/aromatic N) is 5. The largest absolute Gasteiger partial charge is 0.461 e. The summed E-state index contributed by atoms with van der Waals surface area (Å²) in [7, 11) is 1.81. The van der Waals surface area contributed by atoms with Gasteiger partial charge in [-0.15, -0.1) is 10.2 Å². The molecule has 0 saturated heterocycles. The maximum atomic E-state index is 13.2. The first-order chi connectivity index (χ1) is 14.0. The zero-order valence-corrected chi connectivity index (χ0v) is 16.5. The van der Waals surface area contributed by atoms with Crippen molar-refractivity contribution in [3.05, 3.63) is 60.2 Å². The van der Waals surface area contributed by atoms with E-state index in [1.807, 2.05) is 14.0 Å². The highest BCUT2D eigenvalue weighted by atomic mass is 32.2. The molecule has 8 nitrogen and oxygen atoms in total. The van der Waals surface area contributed by atoms with Gasteiger partial charge in [0, 0.05) is 13.1 Å². The number of anilines is 1. The minimum Gasteiger partial charge on any atom is -0.461 e. The van der Waals surface area contributed by atoms with E-state index in [9.17, 15) is 9.18 Å². The van der Waals surface area contributed by atoms with Crippen LogP contribution in [0.1, 0.15) is 5.69 Å².